The van der Waals surface area contributed by atoms with E-state index >= 15 is 0 Å². The number of hydrogen-bond acceptors (Lipinski definition) is 6. The zero-order valence-electron chi connectivity index (χ0n) is 20.4. The minimum atomic E-state index is -4.90. The smallest absolute Gasteiger partial charge is 0.545 e. The molecule has 1 N–H and O–H groups in total. The van der Waals surface area contributed by atoms with E-state index in [0.717, 1.165) is 6.07 Å². The van der Waals surface area contributed by atoms with Crippen molar-refractivity contribution in [1.29, 1.82) is 0 Å². The number of aliphatic carboxylic acids is 1. The van der Waals surface area contributed by atoms with Crippen molar-refractivity contribution in [2.24, 2.45) is 0 Å². The van der Waals surface area contributed by atoms with E-state index in [0.29, 0.717) is 5.75 Å². The van der Waals surface area contributed by atoms with Gasteiger partial charge in [-0.25, -0.2) is 0 Å². The van der Waals surface area contributed by atoms with Gasteiger partial charge < -0.3 is 29.4 Å². The fourth-order valence-electron chi connectivity index (χ4n) is 4.01. The maximum absolute atomic E-state index is 12.7. The number of carbonyl (C=O) groups excluding carboxylic acids is 2. The Kier molecular flexibility index (Phi) is 10.1. The summed E-state index contributed by atoms with van der Waals surface area (Å²) in [6.07, 6.45) is -4.90. The maximum atomic E-state index is 12.7. The number of halogens is 5. The molecule has 0 radical (unpaired) electrons. The van der Waals surface area contributed by atoms with Gasteiger partial charge in [0, 0.05) is 29.1 Å². The molecule has 0 spiro atoms. The van der Waals surface area contributed by atoms with Gasteiger partial charge >= 0.3 is 35.9 Å². The minimum absolute atomic E-state index is 0. The molecule has 0 saturated carbocycles. The Balaban J connectivity index is 0.00000420. The molecule has 1 amide bonds. The molecule has 4 rings (SSSR count). The number of benzene rings is 3. The van der Waals surface area contributed by atoms with Crippen LogP contribution in [-0.4, -0.2) is 31.4 Å². The second kappa shape index (κ2) is 12.7. The van der Waals surface area contributed by atoms with Crippen LogP contribution in [0.25, 0.3) is 0 Å². The summed E-state index contributed by atoms with van der Waals surface area (Å²) in [5, 5.41) is 14.8. The Morgan fingerprint density at radius 2 is 1.79 bits per heavy atom. The molecule has 0 aliphatic carbocycles. The third kappa shape index (κ3) is 7.32. The number of ether oxygens (including phenoxy) is 3. The number of fused-ring (bicyclic) bond motifs is 1. The molecule has 0 aromatic heterocycles. The van der Waals surface area contributed by atoms with Gasteiger partial charge in [0.15, 0.2) is 5.60 Å². The molecule has 0 bridgehead atoms. The summed E-state index contributed by atoms with van der Waals surface area (Å²) in [5.41, 5.74) is -1.25. The van der Waals surface area contributed by atoms with Crippen LogP contribution in [0.1, 0.15) is 27.9 Å². The summed E-state index contributed by atoms with van der Waals surface area (Å²) in [7, 11) is 0. The number of alkyl halides is 3. The van der Waals surface area contributed by atoms with Gasteiger partial charge in [0.25, 0.3) is 5.91 Å². The quantitative estimate of drug-likeness (QED) is 0.400. The molecule has 1 aliphatic rings. The summed E-state index contributed by atoms with van der Waals surface area (Å²) < 4.78 is 53.5. The molecule has 0 saturated heterocycles. The maximum Gasteiger partial charge on any atom is 1.00 e. The van der Waals surface area contributed by atoms with Gasteiger partial charge in [0.2, 0.25) is 0 Å². The average Bonchev–Trinajstić information content (AvgIpc) is 2.85. The first-order valence-corrected chi connectivity index (χ1v) is 12.0. The molecule has 200 valence electrons. The van der Waals surface area contributed by atoms with Crippen LogP contribution in [0, 0.1) is 0 Å². The van der Waals surface area contributed by atoms with E-state index in [2.05, 4.69) is 10.1 Å². The molecule has 7 nitrogen and oxygen atoms in total. The Labute approximate surface area is 253 Å². The Bertz CT molecular complexity index is 1370. The number of carboxylic acid groups (broad SMARTS) is 1. The minimum Gasteiger partial charge on any atom is -0.545 e. The van der Waals surface area contributed by atoms with Gasteiger partial charge in [-0.2, -0.15) is 0 Å². The van der Waals surface area contributed by atoms with Crippen LogP contribution < -0.4 is 54.2 Å². The summed E-state index contributed by atoms with van der Waals surface area (Å²) >= 11 is 12.1. The third-order valence-electron chi connectivity index (χ3n) is 5.78. The van der Waals surface area contributed by atoms with Crippen molar-refractivity contribution >= 4 is 35.1 Å². The van der Waals surface area contributed by atoms with E-state index in [9.17, 15) is 27.9 Å². The van der Waals surface area contributed by atoms with Crippen LogP contribution >= 0.6 is 23.2 Å². The van der Waals surface area contributed by atoms with Crippen LogP contribution in [0.4, 0.5) is 13.2 Å². The average molecular weight is 592 g/mol. The largest absolute Gasteiger partial charge is 1.00 e. The van der Waals surface area contributed by atoms with E-state index < -0.39 is 29.6 Å². The van der Waals surface area contributed by atoms with Crippen LogP contribution in [0.15, 0.2) is 60.7 Å². The monoisotopic (exact) mass is 591 g/mol. The molecule has 3 aromatic carbocycles. The first-order chi connectivity index (χ1) is 18.0. The molecule has 1 heterocycles. The standard InChI is InChI=1S/C26H20Cl2F3NO6.Na/c27-17-7-5-15(22(14-17)38-26(29,30)31)9-11-32-23(33)16-6-8-21(19(28)13-16)37-25(24(34)35)10-12-36-20-4-2-1-3-18(20)25;/h1-8,13-14H,9-12H2,(H,32,33)(H,34,35);/q;+1/p-1. The normalized spacial score (nSPS) is 16.2. The first kappa shape index (κ1) is 30.9. The first-order valence-electron chi connectivity index (χ1n) is 11.2. The molecule has 1 atom stereocenters. The van der Waals surface area contributed by atoms with Gasteiger partial charge in [-0.1, -0.05) is 47.5 Å². The number of hydrogen-bond donors (Lipinski definition) is 1. The van der Waals surface area contributed by atoms with Gasteiger partial charge in [-0.3, -0.25) is 4.79 Å². The molecule has 3 aromatic rings. The fourth-order valence-corrected chi connectivity index (χ4v) is 4.39. The molecule has 1 unspecified atom stereocenters. The van der Waals surface area contributed by atoms with Crippen molar-refractivity contribution in [3.8, 4) is 17.2 Å². The van der Waals surface area contributed by atoms with Gasteiger partial charge in [0.05, 0.1) is 17.6 Å². The molecule has 39 heavy (non-hydrogen) atoms. The van der Waals surface area contributed by atoms with Gasteiger partial charge in [-0.05, 0) is 48.4 Å². The van der Waals surface area contributed by atoms with Crippen molar-refractivity contribution in [1.82, 2.24) is 5.32 Å². The molecular formula is C26H19Cl2F3NNaO6. The Hall–Kier alpha value is -2.63. The second-order valence-electron chi connectivity index (χ2n) is 8.26. The number of carbonyl (C=O) groups is 2. The number of rotatable bonds is 8. The van der Waals surface area contributed by atoms with Crippen LogP contribution in [0.2, 0.25) is 10.0 Å². The van der Waals surface area contributed by atoms with Crippen molar-refractivity contribution in [3.05, 3.63) is 87.4 Å². The van der Waals surface area contributed by atoms with Crippen LogP contribution in [-0.2, 0) is 16.8 Å². The van der Waals surface area contributed by atoms with Crippen LogP contribution in [0.3, 0.4) is 0 Å². The fraction of sp³-hybridized carbons (Fsp3) is 0.231. The SMILES string of the molecule is O=C(NCCc1ccc(Cl)cc1OC(F)(F)F)c1ccc(OC2(C(=O)[O-])CCOc3ccccc32)c(Cl)c1.[Na+]. The Morgan fingerprint density at radius 1 is 1.05 bits per heavy atom. The predicted octanol–water partition coefficient (Wildman–Crippen LogP) is 1.68. The number of para-hydroxylation sites is 1. The number of amides is 1. The van der Waals surface area contributed by atoms with Crippen molar-refractivity contribution < 1.29 is 71.6 Å². The predicted molar refractivity (Wildman–Crippen MR) is 129 cm³/mol. The van der Waals surface area contributed by atoms with Gasteiger partial charge in [-0.15, -0.1) is 13.2 Å². The number of nitrogens with one attached hydrogen (secondary N) is 1. The van der Waals surface area contributed by atoms with E-state index in [1.165, 1.54) is 30.3 Å². The van der Waals surface area contributed by atoms with E-state index in [1.54, 1.807) is 24.3 Å². The van der Waals surface area contributed by atoms with E-state index in [4.69, 9.17) is 32.7 Å². The number of carboxylic acids is 1. The Morgan fingerprint density at radius 3 is 2.49 bits per heavy atom. The third-order valence-corrected chi connectivity index (χ3v) is 6.31. The van der Waals surface area contributed by atoms with Crippen LogP contribution in [0.5, 0.6) is 17.2 Å². The molecular weight excluding hydrogens is 573 g/mol. The summed E-state index contributed by atoms with van der Waals surface area (Å²) in [4.78, 5) is 24.8. The summed E-state index contributed by atoms with van der Waals surface area (Å²) in [6, 6.07) is 14.4. The molecule has 13 heteroatoms. The summed E-state index contributed by atoms with van der Waals surface area (Å²) in [6.45, 7) is 0.0571. The van der Waals surface area contributed by atoms with Crippen molar-refractivity contribution in [2.45, 2.75) is 24.8 Å². The summed E-state index contributed by atoms with van der Waals surface area (Å²) in [5.74, 6) is -2.13. The molecule has 0 fully saturated rings. The zero-order chi connectivity index (χ0) is 27.5. The topological polar surface area (TPSA) is 96.9 Å². The van der Waals surface area contributed by atoms with E-state index in [-0.39, 0.29) is 88.0 Å². The van der Waals surface area contributed by atoms with Gasteiger partial charge in [0.1, 0.15) is 17.2 Å². The second-order valence-corrected chi connectivity index (χ2v) is 9.11. The van der Waals surface area contributed by atoms with E-state index in [1.807, 2.05) is 0 Å². The zero-order valence-corrected chi connectivity index (χ0v) is 24.0. The molecule has 1 aliphatic heterocycles. The van der Waals surface area contributed by atoms with Crippen molar-refractivity contribution in [2.75, 3.05) is 13.2 Å². The van der Waals surface area contributed by atoms with Crippen molar-refractivity contribution in [3.63, 3.8) is 0 Å².